The second-order valence-electron chi connectivity index (χ2n) is 8.10. The van der Waals surface area contributed by atoms with Crippen molar-refractivity contribution in [2.45, 2.75) is 59.3 Å². The number of carbonyl (C=O) groups is 2. The van der Waals surface area contributed by atoms with Crippen molar-refractivity contribution in [1.29, 1.82) is 0 Å². The molecule has 0 radical (unpaired) electrons. The first-order valence-electron chi connectivity index (χ1n) is 9.08. The molecule has 0 fully saturated rings. The Morgan fingerprint density at radius 3 is 1.83 bits per heavy atom. The van der Waals surface area contributed by atoms with Gasteiger partial charge in [-0.3, -0.25) is 10.6 Å². The van der Waals surface area contributed by atoms with E-state index < -0.39 is 23.4 Å². The number of nitrogens with zero attached hydrogens (tertiary/aromatic N) is 1. The second kappa shape index (κ2) is 9.99. The van der Waals surface area contributed by atoms with E-state index in [1.54, 1.807) is 66.9 Å². The monoisotopic (exact) mass is 409 g/mol. The Morgan fingerprint density at radius 2 is 1.41 bits per heavy atom. The zero-order valence-electron chi connectivity index (χ0n) is 18.3. The van der Waals surface area contributed by atoms with Crippen molar-refractivity contribution in [3.63, 3.8) is 0 Å². The third-order valence-corrected chi connectivity index (χ3v) is 3.14. The fourth-order valence-electron chi connectivity index (χ4n) is 2.06. The van der Waals surface area contributed by atoms with Gasteiger partial charge in [0.2, 0.25) is 5.96 Å². The average molecular weight is 409 g/mol. The minimum atomic E-state index is -0.756. The zero-order valence-corrected chi connectivity index (χ0v) is 18.3. The first-order valence-corrected chi connectivity index (χ1v) is 9.08. The highest BCUT2D eigenvalue weighted by Crippen LogP contribution is 2.25. The number of amides is 2. The van der Waals surface area contributed by atoms with Gasteiger partial charge in [0.1, 0.15) is 22.7 Å². The molecule has 1 aromatic rings. The van der Waals surface area contributed by atoms with E-state index in [1.165, 1.54) is 7.11 Å². The first-order chi connectivity index (χ1) is 13.3. The number of carbonyl (C=O) groups excluding carboxylic acids is 2. The van der Waals surface area contributed by atoms with Crippen LogP contribution in [0.3, 0.4) is 0 Å². The number of methoxy groups -OCH3 is 2. The van der Waals surface area contributed by atoms with Gasteiger partial charge in [-0.15, -0.1) is 0 Å². The van der Waals surface area contributed by atoms with Crippen LogP contribution in [0.2, 0.25) is 0 Å². The van der Waals surface area contributed by atoms with E-state index in [-0.39, 0.29) is 12.5 Å². The second-order valence-corrected chi connectivity index (χ2v) is 8.10. The third kappa shape index (κ3) is 9.68. The van der Waals surface area contributed by atoms with Gasteiger partial charge < -0.3 is 18.9 Å². The Kier molecular flexibility index (Phi) is 8.29. The average Bonchev–Trinajstić information content (AvgIpc) is 2.56. The van der Waals surface area contributed by atoms with E-state index in [9.17, 15) is 9.59 Å². The summed E-state index contributed by atoms with van der Waals surface area (Å²) in [5.74, 6) is 1.09. The number of ether oxygens (including phenoxy) is 4. The van der Waals surface area contributed by atoms with Gasteiger partial charge in [0.15, 0.2) is 0 Å². The summed E-state index contributed by atoms with van der Waals surface area (Å²) in [5, 5.41) is 4.86. The molecule has 0 heterocycles. The lowest BCUT2D eigenvalue weighted by atomic mass is 10.2. The van der Waals surface area contributed by atoms with Crippen molar-refractivity contribution < 1.29 is 28.5 Å². The molecule has 0 unspecified atom stereocenters. The predicted molar refractivity (Wildman–Crippen MR) is 109 cm³/mol. The van der Waals surface area contributed by atoms with Gasteiger partial charge in [-0.1, -0.05) is 0 Å². The van der Waals surface area contributed by atoms with E-state index in [4.69, 9.17) is 18.9 Å². The van der Waals surface area contributed by atoms with Crippen molar-refractivity contribution in [3.05, 3.63) is 23.8 Å². The topological polar surface area (TPSA) is 107 Å². The lowest BCUT2D eigenvalue weighted by Gasteiger charge is -2.22. The van der Waals surface area contributed by atoms with E-state index in [0.29, 0.717) is 11.5 Å². The fraction of sp³-hybridized carbons (Fsp3) is 0.550. The van der Waals surface area contributed by atoms with Crippen molar-refractivity contribution >= 4 is 18.1 Å². The van der Waals surface area contributed by atoms with E-state index in [1.807, 2.05) is 0 Å². The van der Waals surface area contributed by atoms with Gasteiger partial charge in [-0.05, 0) is 53.7 Å². The molecule has 162 valence electrons. The van der Waals surface area contributed by atoms with Crippen LogP contribution in [0.5, 0.6) is 11.5 Å². The Labute approximate surface area is 171 Å². The molecular formula is C20H31N3O6. The Balaban J connectivity index is 3.02. The minimum Gasteiger partial charge on any atom is -0.497 e. The summed E-state index contributed by atoms with van der Waals surface area (Å²) in [4.78, 5) is 28.5. The summed E-state index contributed by atoms with van der Waals surface area (Å²) < 4.78 is 20.9. The number of guanidine groups is 1. The molecule has 0 saturated heterocycles. The SMILES string of the molecule is COc1ccc(CN=C(NC(=O)OC(C)(C)C)NC(=O)OC(C)(C)C)c(OC)c1. The van der Waals surface area contributed by atoms with Gasteiger partial charge in [0.25, 0.3) is 0 Å². The minimum absolute atomic E-state index is 0.105. The van der Waals surface area contributed by atoms with Gasteiger partial charge in [-0.25, -0.2) is 14.6 Å². The van der Waals surface area contributed by atoms with Crippen LogP contribution in [-0.4, -0.2) is 43.6 Å². The highest BCUT2D eigenvalue weighted by Gasteiger charge is 2.21. The molecule has 0 aromatic heterocycles. The van der Waals surface area contributed by atoms with Crippen LogP contribution in [0.15, 0.2) is 23.2 Å². The van der Waals surface area contributed by atoms with Crippen LogP contribution in [0.25, 0.3) is 0 Å². The molecule has 0 saturated carbocycles. The first kappa shape index (κ1) is 24.1. The van der Waals surface area contributed by atoms with Crippen LogP contribution in [0.1, 0.15) is 47.1 Å². The molecule has 29 heavy (non-hydrogen) atoms. The highest BCUT2D eigenvalue weighted by molar-refractivity contribution is 6.01. The maximum absolute atomic E-state index is 12.1. The van der Waals surface area contributed by atoms with Gasteiger partial charge in [0, 0.05) is 11.6 Å². The lowest BCUT2D eigenvalue weighted by molar-refractivity contribution is 0.0545. The molecule has 0 bridgehead atoms. The van der Waals surface area contributed by atoms with E-state index in [2.05, 4.69) is 15.6 Å². The largest absolute Gasteiger partial charge is 0.497 e. The standard InChI is InChI=1S/C20H31N3O6/c1-19(2,3)28-17(24)22-16(23-18(25)29-20(4,5)6)21-12-13-9-10-14(26-7)11-15(13)27-8/h9-11H,12H2,1-8H3,(H2,21,22,23,24,25). The predicted octanol–water partition coefficient (Wildman–Crippen LogP) is 3.61. The summed E-state index contributed by atoms with van der Waals surface area (Å²) in [6.07, 6.45) is -1.51. The summed E-state index contributed by atoms with van der Waals surface area (Å²) in [5.41, 5.74) is -0.691. The molecule has 2 N–H and O–H groups in total. The number of hydrogen-bond acceptors (Lipinski definition) is 7. The molecule has 0 spiro atoms. The molecule has 9 nitrogen and oxygen atoms in total. The smallest absolute Gasteiger partial charge is 0.414 e. The molecule has 0 atom stereocenters. The Hall–Kier alpha value is -2.97. The van der Waals surface area contributed by atoms with E-state index >= 15 is 0 Å². The maximum Gasteiger partial charge on any atom is 0.414 e. The van der Waals surface area contributed by atoms with Crippen LogP contribution < -0.4 is 20.1 Å². The van der Waals surface area contributed by atoms with Crippen molar-refractivity contribution in [1.82, 2.24) is 10.6 Å². The molecule has 9 heteroatoms. The molecule has 0 aliphatic carbocycles. The molecule has 2 amide bonds. The Bertz CT molecular complexity index is 716. The maximum atomic E-state index is 12.1. The number of alkyl carbamates (subject to hydrolysis) is 2. The quantitative estimate of drug-likeness (QED) is 0.581. The van der Waals surface area contributed by atoms with Gasteiger partial charge >= 0.3 is 12.2 Å². The molecule has 0 aliphatic heterocycles. The summed E-state index contributed by atoms with van der Waals surface area (Å²) in [7, 11) is 3.08. The number of benzene rings is 1. The van der Waals surface area contributed by atoms with Crippen LogP contribution in [0.4, 0.5) is 9.59 Å². The van der Waals surface area contributed by atoms with Gasteiger partial charge in [0.05, 0.1) is 20.8 Å². The molecule has 0 aliphatic rings. The fourth-order valence-corrected chi connectivity index (χ4v) is 2.06. The summed E-state index contributed by atoms with van der Waals surface area (Å²) in [6.45, 7) is 10.5. The summed E-state index contributed by atoms with van der Waals surface area (Å²) >= 11 is 0. The van der Waals surface area contributed by atoms with Crippen LogP contribution in [-0.2, 0) is 16.0 Å². The lowest BCUT2D eigenvalue weighted by Crippen LogP contribution is -2.47. The third-order valence-electron chi connectivity index (χ3n) is 3.14. The summed E-state index contributed by atoms with van der Waals surface area (Å²) in [6, 6.07) is 5.25. The van der Waals surface area contributed by atoms with Gasteiger partial charge in [-0.2, -0.15) is 0 Å². The number of aliphatic imine (C=N–C) groups is 1. The van der Waals surface area contributed by atoms with E-state index in [0.717, 1.165) is 5.56 Å². The molecular weight excluding hydrogens is 378 g/mol. The molecule has 1 rings (SSSR count). The van der Waals surface area contributed by atoms with Crippen LogP contribution in [0, 0.1) is 0 Å². The molecule has 1 aromatic carbocycles. The number of rotatable bonds is 4. The van der Waals surface area contributed by atoms with Crippen molar-refractivity contribution in [2.75, 3.05) is 14.2 Å². The van der Waals surface area contributed by atoms with Crippen LogP contribution >= 0.6 is 0 Å². The number of hydrogen-bond donors (Lipinski definition) is 2. The van der Waals surface area contributed by atoms with Crippen molar-refractivity contribution in [3.8, 4) is 11.5 Å². The Morgan fingerprint density at radius 1 is 0.897 bits per heavy atom. The highest BCUT2D eigenvalue weighted by atomic mass is 16.6. The zero-order chi connectivity index (χ0) is 22.2. The normalized spacial score (nSPS) is 11.2. The number of nitrogens with one attached hydrogen (secondary N) is 2. The van der Waals surface area contributed by atoms with Crippen molar-refractivity contribution in [2.24, 2.45) is 4.99 Å².